The standard InChI is InChI=1S/C19H26O12/c1-6-9-27-16(23)10(2)29-18(25)12(4)31-19(26)13(5)30-17(24)11(3)28-15(22)8-7-14(20)21/h6,10-13H,1,7-9H2,2-5H3,(H,20,21). The maximum atomic E-state index is 12.0. The van der Waals surface area contributed by atoms with Gasteiger partial charge < -0.3 is 28.8 Å². The zero-order valence-corrected chi connectivity index (χ0v) is 17.7. The lowest BCUT2D eigenvalue weighted by Gasteiger charge is -2.19. The average molecular weight is 446 g/mol. The molecule has 0 heterocycles. The maximum Gasteiger partial charge on any atom is 0.347 e. The van der Waals surface area contributed by atoms with E-state index in [2.05, 4.69) is 6.58 Å². The van der Waals surface area contributed by atoms with Crippen molar-refractivity contribution in [1.29, 1.82) is 0 Å². The molecular formula is C19H26O12. The molecule has 0 aromatic carbocycles. The fraction of sp³-hybridized carbons (Fsp3) is 0.579. The van der Waals surface area contributed by atoms with E-state index in [9.17, 15) is 28.8 Å². The predicted molar refractivity (Wildman–Crippen MR) is 100 cm³/mol. The monoisotopic (exact) mass is 446 g/mol. The van der Waals surface area contributed by atoms with E-state index in [1.54, 1.807) is 0 Å². The Hall–Kier alpha value is -3.44. The third-order valence-corrected chi connectivity index (χ3v) is 3.40. The van der Waals surface area contributed by atoms with E-state index in [0.29, 0.717) is 0 Å². The van der Waals surface area contributed by atoms with Crippen molar-refractivity contribution in [2.45, 2.75) is 65.0 Å². The number of hydrogen-bond acceptors (Lipinski definition) is 11. The smallest absolute Gasteiger partial charge is 0.347 e. The van der Waals surface area contributed by atoms with Crippen LogP contribution in [0.25, 0.3) is 0 Å². The van der Waals surface area contributed by atoms with E-state index in [-0.39, 0.29) is 6.61 Å². The number of carbonyl (C=O) groups excluding carboxylic acids is 5. The highest BCUT2D eigenvalue weighted by Crippen LogP contribution is 2.07. The highest BCUT2D eigenvalue weighted by Gasteiger charge is 2.30. The van der Waals surface area contributed by atoms with Crippen LogP contribution in [-0.4, -0.2) is 71.9 Å². The van der Waals surface area contributed by atoms with Gasteiger partial charge in [-0.05, 0) is 27.7 Å². The minimum atomic E-state index is -1.46. The Balaban J connectivity index is 4.53. The molecule has 174 valence electrons. The maximum absolute atomic E-state index is 12.0. The minimum absolute atomic E-state index is 0.0680. The van der Waals surface area contributed by atoms with Crippen molar-refractivity contribution in [3.8, 4) is 0 Å². The molecule has 0 rings (SSSR count). The lowest BCUT2D eigenvalue weighted by molar-refractivity contribution is -0.184. The van der Waals surface area contributed by atoms with Crippen LogP contribution < -0.4 is 0 Å². The Morgan fingerprint density at radius 1 is 0.710 bits per heavy atom. The van der Waals surface area contributed by atoms with Crippen molar-refractivity contribution in [3.63, 3.8) is 0 Å². The van der Waals surface area contributed by atoms with E-state index >= 15 is 0 Å². The fourth-order valence-corrected chi connectivity index (χ4v) is 1.73. The molecule has 4 unspecified atom stereocenters. The van der Waals surface area contributed by atoms with Gasteiger partial charge in [0.15, 0.2) is 24.4 Å². The molecule has 0 amide bonds. The number of esters is 5. The first-order chi connectivity index (χ1) is 14.4. The van der Waals surface area contributed by atoms with Crippen LogP contribution in [0.3, 0.4) is 0 Å². The van der Waals surface area contributed by atoms with Crippen molar-refractivity contribution in [2.24, 2.45) is 0 Å². The molecule has 0 saturated carbocycles. The van der Waals surface area contributed by atoms with Crippen molar-refractivity contribution < 1.29 is 57.6 Å². The molecule has 0 aliphatic heterocycles. The topological polar surface area (TPSA) is 169 Å². The van der Waals surface area contributed by atoms with E-state index in [0.717, 1.165) is 6.92 Å². The summed E-state index contributed by atoms with van der Waals surface area (Å²) in [5.41, 5.74) is 0. The van der Waals surface area contributed by atoms with Crippen LogP contribution in [0, 0.1) is 0 Å². The highest BCUT2D eigenvalue weighted by atomic mass is 16.6. The summed E-state index contributed by atoms with van der Waals surface area (Å²) in [5, 5.41) is 8.50. The molecule has 0 aliphatic rings. The lowest BCUT2D eigenvalue weighted by atomic mass is 10.3. The van der Waals surface area contributed by atoms with Crippen molar-refractivity contribution in [3.05, 3.63) is 12.7 Å². The Kier molecular flexibility index (Phi) is 12.2. The molecule has 0 aliphatic carbocycles. The molecule has 0 aromatic rings. The number of carbonyl (C=O) groups is 6. The Morgan fingerprint density at radius 2 is 1.10 bits per heavy atom. The first-order valence-electron chi connectivity index (χ1n) is 9.19. The van der Waals surface area contributed by atoms with Crippen LogP contribution in [-0.2, 0) is 52.5 Å². The minimum Gasteiger partial charge on any atom is -0.481 e. The van der Waals surface area contributed by atoms with Crippen LogP contribution in [0.2, 0.25) is 0 Å². The lowest BCUT2D eigenvalue weighted by Crippen LogP contribution is -2.37. The van der Waals surface area contributed by atoms with Gasteiger partial charge in [-0.2, -0.15) is 0 Å². The van der Waals surface area contributed by atoms with Gasteiger partial charge in [0.25, 0.3) is 0 Å². The van der Waals surface area contributed by atoms with Crippen molar-refractivity contribution in [1.82, 2.24) is 0 Å². The molecule has 0 fully saturated rings. The van der Waals surface area contributed by atoms with Gasteiger partial charge in [-0.1, -0.05) is 12.7 Å². The number of carboxylic acid groups (broad SMARTS) is 1. The van der Waals surface area contributed by atoms with E-state index in [4.69, 9.17) is 28.8 Å². The number of hydrogen-bond donors (Lipinski definition) is 1. The molecule has 0 radical (unpaired) electrons. The number of carboxylic acids is 1. The van der Waals surface area contributed by atoms with Gasteiger partial charge >= 0.3 is 35.8 Å². The van der Waals surface area contributed by atoms with Crippen LogP contribution in [0.5, 0.6) is 0 Å². The molecule has 12 heteroatoms. The molecule has 31 heavy (non-hydrogen) atoms. The summed E-state index contributed by atoms with van der Waals surface area (Å²) >= 11 is 0. The summed E-state index contributed by atoms with van der Waals surface area (Å²) in [6.07, 6.45) is -5.11. The number of aliphatic carboxylic acids is 1. The summed E-state index contributed by atoms with van der Waals surface area (Å²) < 4.78 is 23.9. The molecular weight excluding hydrogens is 420 g/mol. The third kappa shape index (κ3) is 11.4. The first-order valence-corrected chi connectivity index (χ1v) is 9.19. The van der Waals surface area contributed by atoms with Gasteiger partial charge in [0.2, 0.25) is 0 Å². The van der Waals surface area contributed by atoms with E-state index in [1.165, 1.54) is 26.8 Å². The van der Waals surface area contributed by atoms with Crippen LogP contribution in [0.15, 0.2) is 12.7 Å². The van der Waals surface area contributed by atoms with Gasteiger partial charge in [-0.15, -0.1) is 0 Å². The summed E-state index contributed by atoms with van der Waals surface area (Å²) in [5.74, 6) is -6.17. The normalized spacial score (nSPS) is 14.1. The largest absolute Gasteiger partial charge is 0.481 e. The second kappa shape index (κ2) is 13.7. The molecule has 12 nitrogen and oxygen atoms in total. The second-order valence-corrected chi connectivity index (χ2v) is 6.18. The van der Waals surface area contributed by atoms with E-state index < -0.39 is 73.1 Å². The van der Waals surface area contributed by atoms with E-state index in [1.807, 2.05) is 0 Å². The second-order valence-electron chi connectivity index (χ2n) is 6.18. The first kappa shape index (κ1) is 27.6. The zero-order chi connectivity index (χ0) is 24.1. The molecule has 0 bridgehead atoms. The van der Waals surface area contributed by atoms with Gasteiger partial charge in [0, 0.05) is 0 Å². The predicted octanol–water partition coefficient (Wildman–Crippen LogP) is 0.307. The Labute approximate surface area is 178 Å². The van der Waals surface area contributed by atoms with Gasteiger partial charge in [-0.25, -0.2) is 19.2 Å². The summed E-state index contributed by atoms with van der Waals surface area (Å²) in [6, 6.07) is 0. The fourth-order valence-electron chi connectivity index (χ4n) is 1.73. The van der Waals surface area contributed by atoms with Crippen molar-refractivity contribution >= 4 is 35.8 Å². The molecule has 0 spiro atoms. The highest BCUT2D eigenvalue weighted by molar-refractivity contribution is 5.86. The van der Waals surface area contributed by atoms with Crippen LogP contribution in [0.1, 0.15) is 40.5 Å². The summed E-state index contributed by atoms with van der Waals surface area (Å²) in [7, 11) is 0. The average Bonchev–Trinajstić information content (AvgIpc) is 2.69. The SMILES string of the molecule is C=CCOC(=O)C(C)OC(=O)C(C)OC(=O)C(C)OC(=O)C(C)OC(=O)CCC(=O)O. The molecule has 1 N–H and O–H groups in total. The van der Waals surface area contributed by atoms with Crippen molar-refractivity contribution in [2.75, 3.05) is 6.61 Å². The number of ether oxygens (including phenoxy) is 5. The summed E-state index contributed by atoms with van der Waals surface area (Å²) in [6.45, 7) is 8.08. The number of rotatable bonds is 13. The molecule has 4 atom stereocenters. The third-order valence-electron chi connectivity index (χ3n) is 3.40. The Morgan fingerprint density at radius 3 is 1.48 bits per heavy atom. The van der Waals surface area contributed by atoms with Gasteiger partial charge in [0.05, 0.1) is 12.8 Å². The summed E-state index contributed by atoms with van der Waals surface area (Å²) in [4.78, 5) is 69.2. The molecule has 0 aromatic heterocycles. The van der Waals surface area contributed by atoms with Crippen LogP contribution >= 0.6 is 0 Å². The van der Waals surface area contributed by atoms with Gasteiger partial charge in [0.1, 0.15) is 6.61 Å². The zero-order valence-electron chi connectivity index (χ0n) is 17.7. The van der Waals surface area contributed by atoms with Gasteiger partial charge in [-0.3, -0.25) is 9.59 Å². The quantitative estimate of drug-likeness (QED) is 0.234. The van der Waals surface area contributed by atoms with Crippen LogP contribution in [0.4, 0.5) is 0 Å². The Bertz CT molecular complexity index is 698. The molecule has 0 saturated heterocycles.